The van der Waals surface area contributed by atoms with Crippen LogP contribution in [0.4, 0.5) is 4.39 Å². The van der Waals surface area contributed by atoms with Crippen LogP contribution in [0.25, 0.3) is 11.5 Å². The van der Waals surface area contributed by atoms with E-state index in [-0.39, 0.29) is 18.2 Å². The number of carboxylic acids is 1. The maximum atomic E-state index is 13.2. The van der Waals surface area contributed by atoms with Crippen molar-refractivity contribution < 1.29 is 23.4 Å². The van der Waals surface area contributed by atoms with Crippen LogP contribution in [0.2, 0.25) is 0 Å². The number of nitrogens with zero attached hydrogens (tertiary/aromatic N) is 1. The number of benzene rings is 3. The third-order valence-electron chi connectivity index (χ3n) is 6.51. The summed E-state index contributed by atoms with van der Waals surface area (Å²) in [5.41, 5.74) is 2.35. The second-order valence-electron chi connectivity index (χ2n) is 9.03. The third-order valence-corrected chi connectivity index (χ3v) is 6.51. The van der Waals surface area contributed by atoms with Crippen LogP contribution in [-0.2, 0) is 24.2 Å². The first-order valence-electron chi connectivity index (χ1n) is 12.3. The van der Waals surface area contributed by atoms with Gasteiger partial charge in [0.1, 0.15) is 22.9 Å². The molecule has 38 heavy (non-hydrogen) atoms. The molecule has 3 aromatic carbocycles. The van der Waals surface area contributed by atoms with Crippen molar-refractivity contribution in [3.05, 3.63) is 107 Å². The highest BCUT2D eigenvalue weighted by molar-refractivity contribution is 5.85. The Balaban J connectivity index is 0.00000400. The van der Waals surface area contributed by atoms with Gasteiger partial charge in [0.2, 0.25) is 5.89 Å². The number of aromatic nitrogens is 1. The van der Waals surface area contributed by atoms with Crippen molar-refractivity contribution in [3.8, 4) is 17.2 Å². The molecule has 0 radical (unpaired) electrons. The average molecular weight is 539 g/mol. The van der Waals surface area contributed by atoms with Gasteiger partial charge in [0.15, 0.2) is 0 Å². The molecule has 0 saturated carbocycles. The fourth-order valence-corrected chi connectivity index (χ4v) is 4.17. The Bertz CT molecular complexity index is 1310. The molecule has 0 aliphatic carbocycles. The van der Waals surface area contributed by atoms with Crippen molar-refractivity contribution in [3.63, 3.8) is 0 Å². The van der Waals surface area contributed by atoms with E-state index in [1.807, 2.05) is 68.4 Å². The zero-order valence-electron chi connectivity index (χ0n) is 21.4. The van der Waals surface area contributed by atoms with Gasteiger partial charge in [0, 0.05) is 24.9 Å². The fourth-order valence-electron chi connectivity index (χ4n) is 4.17. The number of halogens is 2. The number of hydrogen-bond donors (Lipinski definition) is 2. The van der Waals surface area contributed by atoms with Crippen molar-refractivity contribution in [2.75, 3.05) is 6.61 Å². The van der Waals surface area contributed by atoms with E-state index in [0.29, 0.717) is 44.1 Å². The molecule has 0 aliphatic heterocycles. The molecule has 8 heteroatoms. The molecule has 1 unspecified atom stereocenters. The van der Waals surface area contributed by atoms with Gasteiger partial charge >= 0.3 is 5.97 Å². The predicted molar refractivity (Wildman–Crippen MR) is 147 cm³/mol. The maximum absolute atomic E-state index is 13.2. The van der Waals surface area contributed by atoms with E-state index in [1.165, 1.54) is 12.1 Å². The lowest BCUT2D eigenvalue weighted by atomic mass is 9.87. The predicted octanol–water partition coefficient (Wildman–Crippen LogP) is 6.40. The first-order chi connectivity index (χ1) is 17.9. The van der Waals surface area contributed by atoms with Gasteiger partial charge in [0.25, 0.3) is 0 Å². The molecule has 6 nitrogen and oxygen atoms in total. The van der Waals surface area contributed by atoms with Gasteiger partial charge in [0.05, 0.1) is 12.3 Å². The molecule has 0 bridgehead atoms. The standard InChI is InChI=1S/C30H31FN2O4.ClH/c1-3-30(29(34)35,32-20-23-9-13-25(31)14-10-23)19-22-11-15-26(16-12-22)36-18-17-27-21(2)37-28(33-27)24-7-5-4-6-8-24;/h4-16,32H,3,17-20H2,1-2H3,(H,34,35);1H. The Morgan fingerprint density at radius 2 is 1.68 bits per heavy atom. The molecule has 0 saturated heterocycles. The molecule has 0 aliphatic rings. The molecule has 200 valence electrons. The average Bonchev–Trinajstić information content (AvgIpc) is 3.29. The van der Waals surface area contributed by atoms with Gasteiger partial charge in [-0.25, -0.2) is 9.37 Å². The maximum Gasteiger partial charge on any atom is 0.324 e. The van der Waals surface area contributed by atoms with Crippen LogP contribution in [0.15, 0.2) is 83.3 Å². The van der Waals surface area contributed by atoms with Gasteiger partial charge in [-0.3, -0.25) is 10.1 Å². The van der Waals surface area contributed by atoms with Gasteiger partial charge in [-0.1, -0.05) is 49.4 Å². The van der Waals surface area contributed by atoms with Crippen LogP contribution in [0.5, 0.6) is 5.75 Å². The summed E-state index contributed by atoms with van der Waals surface area (Å²) >= 11 is 0. The lowest BCUT2D eigenvalue weighted by Crippen LogP contribution is -2.53. The number of aliphatic carboxylic acids is 1. The molecule has 0 amide bonds. The SMILES string of the molecule is CCC(Cc1ccc(OCCc2nc(-c3ccccc3)oc2C)cc1)(NCc1ccc(F)cc1)C(=O)O.Cl. The van der Waals surface area contributed by atoms with E-state index >= 15 is 0 Å². The Hall–Kier alpha value is -3.68. The molecular formula is C30H32ClFN2O4. The smallest absolute Gasteiger partial charge is 0.324 e. The van der Waals surface area contributed by atoms with Crippen molar-refractivity contribution in [2.45, 2.75) is 45.2 Å². The molecule has 1 aromatic heterocycles. The number of carboxylic acid groups (broad SMARTS) is 1. The number of ether oxygens (including phenoxy) is 1. The van der Waals surface area contributed by atoms with E-state index in [1.54, 1.807) is 12.1 Å². The van der Waals surface area contributed by atoms with Crippen molar-refractivity contribution in [2.24, 2.45) is 0 Å². The second-order valence-corrected chi connectivity index (χ2v) is 9.03. The quantitative estimate of drug-likeness (QED) is 0.217. The Morgan fingerprint density at radius 3 is 2.32 bits per heavy atom. The Labute approximate surface area is 228 Å². The molecule has 0 fully saturated rings. The minimum Gasteiger partial charge on any atom is -0.493 e. The number of rotatable bonds is 12. The number of nitrogens with one attached hydrogen (secondary N) is 1. The molecule has 1 atom stereocenters. The minimum atomic E-state index is -1.14. The van der Waals surface area contributed by atoms with Crippen LogP contribution in [-0.4, -0.2) is 28.2 Å². The monoisotopic (exact) mass is 538 g/mol. The van der Waals surface area contributed by atoms with E-state index in [2.05, 4.69) is 10.3 Å². The van der Waals surface area contributed by atoms with Crippen molar-refractivity contribution >= 4 is 18.4 Å². The fraction of sp³-hybridized carbons (Fsp3) is 0.267. The van der Waals surface area contributed by atoms with Crippen LogP contribution < -0.4 is 10.1 Å². The summed E-state index contributed by atoms with van der Waals surface area (Å²) in [6.07, 6.45) is 1.31. The zero-order valence-corrected chi connectivity index (χ0v) is 22.3. The summed E-state index contributed by atoms with van der Waals surface area (Å²) in [5.74, 6) is 0.832. The summed E-state index contributed by atoms with van der Waals surface area (Å²) in [7, 11) is 0. The summed E-state index contributed by atoms with van der Waals surface area (Å²) < 4.78 is 24.9. The van der Waals surface area contributed by atoms with Gasteiger partial charge < -0.3 is 14.3 Å². The molecule has 4 rings (SSSR count). The lowest BCUT2D eigenvalue weighted by Gasteiger charge is -2.30. The zero-order chi connectivity index (χ0) is 26.3. The van der Waals surface area contributed by atoms with E-state index in [9.17, 15) is 14.3 Å². The topological polar surface area (TPSA) is 84.6 Å². The highest BCUT2D eigenvalue weighted by Gasteiger charge is 2.36. The number of aryl methyl sites for hydroxylation is 1. The largest absolute Gasteiger partial charge is 0.493 e. The first-order valence-corrected chi connectivity index (χ1v) is 12.3. The highest BCUT2D eigenvalue weighted by Crippen LogP contribution is 2.23. The Kier molecular flexibility index (Phi) is 10.0. The van der Waals surface area contributed by atoms with E-state index in [4.69, 9.17) is 9.15 Å². The number of oxazole rings is 1. The summed E-state index contributed by atoms with van der Waals surface area (Å²) in [6, 6.07) is 23.3. The van der Waals surface area contributed by atoms with Crippen LogP contribution in [0, 0.1) is 12.7 Å². The molecule has 2 N–H and O–H groups in total. The minimum absolute atomic E-state index is 0. The Morgan fingerprint density at radius 1 is 1.03 bits per heavy atom. The van der Waals surface area contributed by atoms with Crippen LogP contribution in [0.3, 0.4) is 0 Å². The van der Waals surface area contributed by atoms with Crippen molar-refractivity contribution in [1.82, 2.24) is 10.3 Å². The lowest BCUT2D eigenvalue weighted by molar-refractivity contribution is -0.145. The summed E-state index contributed by atoms with van der Waals surface area (Å²) in [4.78, 5) is 16.8. The van der Waals surface area contributed by atoms with Gasteiger partial charge in [-0.15, -0.1) is 12.4 Å². The van der Waals surface area contributed by atoms with Crippen LogP contribution >= 0.6 is 12.4 Å². The van der Waals surface area contributed by atoms with E-state index < -0.39 is 11.5 Å². The summed E-state index contributed by atoms with van der Waals surface area (Å²) in [6.45, 7) is 4.51. The first kappa shape index (κ1) is 28.9. The highest BCUT2D eigenvalue weighted by atomic mass is 35.5. The second kappa shape index (κ2) is 13.2. The van der Waals surface area contributed by atoms with E-state index in [0.717, 1.165) is 28.1 Å². The number of carbonyl (C=O) groups is 1. The molecule has 1 heterocycles. The normalized spacial score (nSPS) is 12.4. The van der Waals surface area contributed by atoms with Crippen molar-refractivity contribution in [1.29, 1.82) is 0 Å². The number of hydrogen-bond acceptors (Lipinski definition) is 5. The molecule has 4 aromatic rings. The van der Waals surface area contributed by atoms with Crippen LogP contribution in [0.1, 0.15) is 35.9 Å². The van der Waals surface area contributed by atoms with Gasteiger partial charge in [-0.2, -0.15) is 0 Å². The molecular weight excluding hydrogens is 507 g/mol. The van der Waals surface area contributed by atoms with Gasteiger partial charge in [-0.05, 0) is 60.9 Å². The third kappa shape index (κ3) is 7.21. The summed E-state index contributed by atoms with van der Waals surface area (Å²) in [5, 5.41) is 13.2. The molecule has 0 spiro atoms.